The molecule has 2 rings (SSSR count). The van der Waals surface area contributed by atoms with Crippen molar-refractivity contribution in [3.05, 3.63) is 50.7 Å². The molecule has 0 fully saturated rings. The Morgan fingerprint density at radius 2 is 1.88 bits per heavy atom. The van der Waals surface area contributed by atoms with E-state index in [1.54, 1.807) is 0 Å². The van der Waals surface area contributed by atoms with E-state index in [9.17, 15) is 14.4 Å². The molecule has 1 heterocycles. The number of nitrogens with zero attached hydrogens (tertiary/aromatic N) is 2. The van der Waals surface area contributed by atoms with E-state index in [4.69, 9.17) is 10.5 Å². The first-order valence-corrected chi connectivity index (χ1v) is 11.1. The molecule has 1 amide bonds. The SMILES string of the molecule is CCCCN(C(=O)COc1ccccc1C(C)(C)C)c1c(N)n(CC(C)C)c(=O)[nH]c1=O. The Kier molecular flexibility index (Phi) is 8.30. The van der Waals surface area contributed by atoms with Crippen molar-refractivity contribution in [2.24, 2.45) is 5.92 Å². The molecule has 0 bridgehead atoms. The van der Waals surface area contributed by atoms with Crippen LogP contribution in [0.3, 0.4) is 0 Å². The van der Waals surface area contributed by atoms with Crippen molar-refractivity contribution < 1.29 is 9.53 Å². The predicted molar refractivity (Wildman–Crippen MR) is 128 cm³/mol. The molecule has 1 aromatic heterocycles. The predicted octanol–water partition coefficient (Wildman–Crippen LogP) is 3.28. The van der Waals surface area contributed by atoms with Gasteiger partial charge >= 0.3 is 5.69 Å². The van der Waals surface area contributed by atoms with Crippen LogP contribution in [0.15, 0.2) is 33.9 Å². The highest BCUT2D eigenvalue weighted by molar-refractivity contribution is 5.96. The molecule has 8 heteroatoms. The van der Waals surface area contributed by atoms with Crippen molar-refractivity contribution in [1.29, 1.82) is 0 Å². The number of amides is 1. The maximum Gasteiger partial charge on any atom is 0.330 e. The van der Waals surface area contributed by atoms with Crippen LogP contribution in [0.2, 0.25) is 0 Å². The number of anilines is 2. The molecule has 0 saturated heterocycles. The van der Waals surface area contributed by atoms with Crippen LogP contribution >= 0.6 is 0 Å². The number of aromatic amines is 1. The lowest BCUT2D eigenvalue weighted by Gasteiger charge is -2.26. The average molecular weight is 445 g/mol. The van der Waals surface area contributed by atoms with Crippen LogP contribution in [0.4, 0.5) is 11.5 Å². The number of nitrogen functional groups attached to an aromatic ring is 1. The third-order valence-corrected chi connectivity index (χ3v) is 5.11. The molecule has 8 nitrogen and oxygen atoms in total. The molecule has 1 aromatic carbocycles. The van der Waals surface area contributed by atoms with E-state index >= 15 is 0 Å². The quantitative estimate of drug-likeness (QED) is 0.617. The van der Waals surface area contributed by atoms with E-state index in [-0.39, 0.29) is 29.4 Å². The summed E-state index contributed by atoms with van der Waals surface area (Å²) in [6.45, 7) is 12.5. The molecule has 176 valence electrons. The van der Waals surface area contributed by atoms with Gasteiger partial charge in [-0.1, -0.05) is 66.2 Å². The Bertz CT molecular complexity index is 1050. The van der Waals surface area contributed by atoms with E-state index < -0.39 is 17.2 Å². The molecule has 0 unspecified atom stereocenters. The summed E-state index contributed by atoms with van der Waals surface area (Å²) in [4.78, 5) is 41.8. The summed E-state index contributed by atoms with van der Waals surface area (Å²) in [6.07, 6.45) is 1.49. The van der Waals surface area contributed by atoms with Crippen molar-refractivity contribution in [2.75, 3.05) is 23.8 Å². The number of benzene rings is 1. The number of H-pyrrole nitrogens is 1. The van der Waals surface area contributed by atoms with Gasteiger partial charge in [0.1, 0.15) is 11.6 Å². The number of unbranched alkanes of at least 4 members (excludes halogenated alkanes) is 1. The number of hydrogen-bond acceptors (Lipinski definition) is 5. The van der Waals surface area contributed by atoms with Gasteiger partial charge in [-0.2, -0.15) is 0 Å². The van der Waals surface area contributed by atoms with Crippen LogP contribution < -0.4 is 26.6 Å². The van der Waals surface area contributed by atoms with Crippen LogP contribution in [-0.2, 0) is 16.8 Å². The smallest absolute Gasteiger partial charge is 0.330 e. The monoisotopic (exact) mass is 444 g/mol. The third-order valence-electron chi connectivity index (χ3n) is 5.11. The van der Waals surface area contributed by atoms with E-state index in [1.807, 2.05) is 45.0 Å². The van der Waals surface area contributed by atoms with Crippen molar-refractivity contribution in [2.45, 2.75) is 66.3 Å². The number of carbonyl (C=O) groups is 1. The topological polar surface area (TPSA) is 110 Å². The van der Waals surface area contributed by atoms with Crippen LogP contribution in [0.5, 0.6) is 5.75 Å². The van der Waals surface area contributed by atoms with Gasteiger partial charge in [-0.25, -0.2) is 4.79 Å². The molecule has 2 aromatic rings. The highest BCUT2D eigenvalue weighted by Crippen LogP contribution is 2.31. The molecule has 0 radical (unpaired) electrons. The maximum atomic E-state index is 13.2. The minimum Gasteiger partial charge on any atom is -0.483 e. The van der Waals surface area contributed by atoms with Gasteiger partial charge in [-0.3, -0.25) is 19.1 Å². The zero-order valence-corrected chi connectivity index (χ0v) is 20.0. The van der Waals surface area contributed by atoms with Gasteiger partial charge in [0.05, 0.1) is 0 Å². The summed E-state index contributed by atoms with van der Waals surface area (Å²) in [5.74, 6) is 0.349. The largest absolute Gasteiger partial charge is 0.483 e. The molecule has 0 saturated carbocycles. The molecule has 0 aliphatic heterocycles. The van der Waals surface area contributed by atoms with Crippen molar-refractivity contribution in [1.82, 2.24) is 9.55 Å². The molecule has 0 aliphatic carbocycles. The normalized spacial score (nSPS) is 11.6. The Labute approximate surface area is 189 Å². The average Bonchev–Trinajstić information content (AvgIpc) is 2.71. The summed E-state index contributed by atoms with van der Waals surface area (Å²) in [5, 5.41) is 0. The second kappa shape index (κ2) is 10.5. The molecule has 3 N–H and O–H groups in total. The Hall–Kier alpha value is -3.03. The van der Waals surface area contributed by atoms with Crippen LogP contribution in [0, 0.1) is 5.92 Å². The highest BCUT2D eigenvalue weighted by Gasteiger charge is 2.25. The fourth-order valence-corrected chi connectivity index (χ4v) is 3.49. The third kappa shape index (κ3) is 6.02. The zero-order valence-electron chi connectivity index (χ0n) is 20.0. The maximum absolute atomic E-state index is 13.2. The van der Waals surface area contributed by atoms with Crippen molar-refractivity contribution in [3.63, 3.8) is 0 Å². The summed E-state index contributed by atoms with van der Waals surface area (Å²) < 4.78 is 7.20. The lowest BCUT2D eigenvalue weighted by molar-refractivity contribution is -0.120. The minimum atomic E-state index is -0.674. The van der Waals surface area contributed by atoms with E-state index in [1.165, 1.54) is 9.47 Å². The van der Waals surface area contributed by atoms with Gasteiger partial charge < -0.3 is 15.4 Å². The number of aromatic nitrogens is 2. The van der Waals surface area contributed by atoms with Crippen molar-refractivity contribution >= 4 is 17.4 Å². The lowest BCUT2D eigenvalue weighted by Crippen LogP contribution is -2.43. The van der Waals surface area contributed by atoms with Crippen LogP contribution in [0.1, 0.15) is 59.9 Å². The summed E-state index contributed by atoms with van der Waals surface area (Å²) >= 11 is 0. The van der Waals surface area contributed by atoms with E-state index in [0.717, 1.165) is 12.0 Å². The van der Waals surface area contributed by atoms with Crippen LogP contribution in [-0.4, -0.2) is 28.6 Å². The van der Waals surface area contributed by atoms with Gasteiger partial charge in [0.25, 0.3) is 11.5 Å². The minimum absolute atomic E-state index is 0.00333. The second-order valence-corrected chi connectivity index (χ2v) is 9.43. The highest BCUT2D eigenvalue weighted by atomic mass is 16.5. The molecule has 32 heavy (non-hydrogen) atoms. The van der Waals surface area contributed by atoms with Gasteiger partial charge in [0.15, 0.2) is 12.3 Å². The standard InChI is InChI=1S/C24H36N4O4/c1-7-8-13-27(20-21(25)28(14-16(2)3)23(31)26-22(20)30)19(29)15-32-18-12-10-9-11-17(18)24(4,5)6/h9-12,16H,7-8,13-15,25H2,1-6H3,(H,26,30,31). The zero-order chi connectivity index (χ0) is 24.1. The summed E-state index contributed by atoms with van der Waals surface area (Å²) in [5.41, 5.74) is 5.81. The first kappa shape index (κ1) is 25.2. The van der Waals surface area contributed by atoms with Gasteiger partial charge in [-0.05, 0) is 29.4 Å². The van der Waals surface area contributed by atoms with Gasteiger partial charge in [0.2, 0.25) is 0 Å². The number of carbonyl (C=O) groups excluding carboxylic acids is 1. The molecular formula is C24H36N4O4. The number of nitrogens with two attached hydrogens (primary N) is 1. The fourth-order valence-electron chi connectivity index (χ4n) is 3.49. The first-order valence-electron chi connectivity index (χ1n) is 11.1. The number of para-hydroxylation sites is 1. The van der Waals surface area contributed by atoms with E-state index in [0.29, 0.717) is 25.3 Å². The Balaban J connectivity index is 2.41. The van der Waals surface area contributed by atoms with Crippen LogP contribution in [0.25, 0.3) is 0 Å². The first-order chi connectivity index (χ1) is 15.0. The van der Waals surface area contributed by atoms with Gasteiger partial charge in [-0.15, -0.1) is 0 Å². The Morgan fingerprint density at radius 1 is 1.22 bits per heavy atom. The fraction of sp³-hybridized carbons (Fsp3) is 0.542. The van der Waals surface area contributed by atoms with Crippen molar-refractivity contribution in [3.8, 4) is 5.75 Å². The lowest BCUT2D eigenvalue weighted by atomic mass is 9.86. The van der Waals surface area contributed by atoms with E-state index in [2.05, 4.69) is 25.8 Å². The molecule has 0 aliphatic rings. The molecule has 0 spiro atoms. The molecular weight excluding hydrogens is 408 g/mol. The summed E-state index contributed by atoms with van der Waals surface area (Å²) in [6, 6.07) is 7.59. The number of nitrogens with one attached hydrogen (secondary N) is 1. The summed E-state index contributed by atoms with van der Waals surface area (Å²) in [7, 11) is 0. The number of ether oxygens (including phenoxy) is 1. The molecule has 0 atom stereocenters. The van der Waals surface area contributed by atoms with Gasteiger partial charge in [0, 0.05) is 13.1 Å². The second-order valence-electron chi connectivity index (χ2n) is 9.43. The Morgan fingerprint density at radius 3 is 2.47 bits per heavy atom. The number of hydrogen-bond donors (Lipinski definition) is 2. The number of rotatable bonds is 9.